The molecule has 0 saturated carbocycles. The molecule has 2 N–H and O–H groups in total. The first-order valence-corrected chi connectivity index (χ1v) is 9.56. The largest absolute Gasteiger partial charge is 0.480 e. The number of fused-ring (bicyclic) bond motifs is 1. The lowest BCUT2D eigenvalue weighted by Crippen LogP contribution is -2.40. The molecule has 1 atom stereocenters. The molecule has 0 spiro atoms. The van der Waals surface area contributed by atoms with E-state index in [9.17, 15) is 19.5 Å². The Morgan fingerprint density at radius 1 is 1.10 bits per heavy atom. The van der Waals surface area contributed by atoms with Gasteiger partial charge in [-0.1, -0.05) is 35.3 Å². The number of carbonyl (C=O) groups is 1. The molecule has 0 aliphatic rings. The fourth-order valence-corrected chi connectivity index (χ4v) is 3.55. The average Bonchev–Trinajstić information content (AvgIpc) is 3.08. The molecule has 152 valence electrons. The smallest absolute Gasteiger partial charge is 0.330 e. The second kappa shape index (κ2) is 7.47. The molecule has 0 aliphatic carbocycles. The molecule has 2 aromatic carbocycles. The van der Waals surface area contributed by atoms with E-state index in [2.05, 4.69) is 9.97 Å². The predicted octanol–water partition coefficient (Wildman–Crippen LogP) is 3.49. The summed E-state index contributed by atoms with van der Waals surface area (Å²) in [5, 5.41) is 10.2. The minimum atomic E-state index is -1.37. The Balaban J connectivity index is 2.17. The summed E-state index contributed by atoms with van der Waals surface area (Å²) >= 11 is 12.4. The number of halogens is 2. The van der Waals surface area contributed by atoms with Gasteiger partial charge in [-0.2, -0.15) is 0 Å². The van der Waals surface area contributed by atoms with Crippen LogP contribution in [0.25, 0.3) is 28.2 Å². The van der Waals surface area contributed by atoms with Gasteiger partial charge in [0.05, 0.1) is 5.02 Å². The number of aliphatic carboxylic acids is 1. The molecule has 1 unspecified atom stereocenters. The highest BCUT2D eigenvalue weighted by atomic mass is 35.5. The summed E-state index contributed by atoms with van der Waals surface area (Å²) in [5.74, 6) is -1.00. The SMILES string of the molecule is CC(C(=O)O)n1c(=O)[nH]c2nc(-c3ccccc3Cl)n(-c3ccc(Cl)cc3)c2c1=O. The van der Waals surface area contributed by atoms with Crippen molar-refractivity contribution in [3.05, 3.63) is 79.4 Å². The Kier molecular flexibility index (Phi) is 4.97. The molecule has 10 heteroatoms. The fraction of sp³-hybridized carbons (Fsp3) is 0.100. The number of rotatable bonds is 4. The van der Waals surface area contributed by atoms with Gasteiger partial charge in [-0.25, -0.2) is 19.1 Å². The molecule has 0 amide bonds. The van der Waals surface area contributed by atoms with E-state index >= 15 is 0 Å². The van der Waals surface area contributed by atoms with Gasteiger partial charge in [-0.15, -0.1) is 0 Å². The fourth-order valence-electron chi connectivity index (χ4n) is 3.20. The van der Waals surface area contributed by atoms with Gasteiger partial charge in [0.25, 0.3) is 5.56 Å². The number of hydrogen-bond donors (Lipinski definition) is 2. The highest BCUT2D eigenvalue weighted by Crippen LogP contribution is 2.31. The molecule has 0 aliphatic heterocycles. The summed E-state index contributed by atoms with van der Waals surface area (Å²) in [6.07, 6.45) is 0. The Labute approximate surface area is 178 Å². The first kappa shape index (κ1) is 19.9. The topological polar surface area (TPSA) is 110 Å². The summed E-state index contributed by atoms with van der Waals surface area (Å²) in [5.41, 5.74) is -0.555. The van der Waals surface area contributed by atoms with Gasteiger partial charge in [-0.05, 0) is 43.3 Å². The molecule has 0 bridgehead atoms. The van der Waals surface area contributed by atoms with Gasteiger partial charge in [0.2, 0.25) is 0 Å². The number of hydrogen-bond acceptors (Lipinski definition) is 4. The Morgan fingerprint density at radius 2 is 1.77 bits per heavy atom. The van der Waals surface area contributed by atoms with Crippen LogP contribution in [-0.4, -0.2) is 30.2 Å². The van der Waals surface area contributed by atoms with E-state index in [0.717, 1.165) is 0 Å². The zero-order chi connectivity index (χ0) is 21.6. The van der Waals surface area contributed by atoms with E-state index in [-0.39, 0.29) is 11.2 Å². The Hall–Kier alpha value is -3.36. The maximum Gasteiger partial charge on any atom is 0.330 e. The van der Waals surface area contributed by atoms with Crippen molar-refractivity contribution in [2.24, 2.45) is 0 Å². The zero-order valence-corrected chi connectivity index (χ0v) is 17.0. The number of benzene rings is 2. The van der Waals surface area contributed by atoms with Gasteiger partial charge >= 0.3 is 11.7 Å². The minimum absolute atomic E-state index is 0.0138. The quantitative estimate of drug-likeness (QED) is 0.500. The predicted molar refractivity (Wildman–Crippen MR) is 114 cm³/mol. The van der Waals surface area contributed by atoms with E-state index < -0.39 is 23.3 Å². The third-order valence-corrected chi connectivity index (χ3v) is 5.27. The van der Waals surface area contributed by atoms with Crippen LogP contribution in [0.1, 0.15) is 13.0 Å². The van der Waals surface area contributed by atoms with Crippen LogP contribution in [0.4, 0.5) is 0 Å². The lowest BCUT2D eigenvalue weighted by atomic mass is 10.2. The molecule has 0 radical (unpaired) electrons. The van der Waals surface area contributed by atoms with Crippen molar-refractivity contribution < 1.29 is 9.90 Å². The van der Waals surface area contributed by atoms with Crippen molar-refractivity contribution in [2.75, 3.05) is 0 Å². The maximum absolute atomic E-state index is 13.2. The molecule has 4 rings (SSSR count). The molecule has 30 heavy (non-hydrogen) atoms. The molecular weight excluding hydrogens is 431 g/mol. The molecule has 0 fully saturated rings. The number of nitrogens with one attached hydrogen (secondary N) is 1. The number of imidazole rings is 1. The lowest BCUT2D eigenvalue weighted by Gasteiger charge is -2.12. The molecule has 8 nitrogen and oxygen atoms in total. The van der Waals surface area contributed by atoms with E-state index in [1.807, 2.05) is 0 Å². The van der Waals surface area contributed by atoms with Crippen molar-refractivity contribution in [2.45, 2.75) is 13.0 Å². The van der Waals surface area contributed by atoms with Gasteiger partial charge < -0.3 is 5.11 Å². The second-order valence-electron chi connectivity index (χ2n) is 6.54. The van der Waals surface area contributed by atoms with Crippen LogP contribution < -0.4 is 11.2 Å². The number of aromatic amines is 1. The van der Waals surface area contributed by atoms with Gasteiger partial charge in [0, 0.05) is 16.3 Å². The summed E-state index contributed by atoms with van der Waals surface area (Å²) in [7, 11) is 0. The highest BCUT2D eigenvalue weighted by molar-refractivity contribution is 6.33. The monoisotopic (exact) mass is 444 g/mol. The van der Waals surface area contributed by atoms with Crippen LogP contribution in [0.15, 0.2) is 58.1 Å². The number of aromatic nitrogens is 4. The first-order valence-electron chi connectivity index (χ1n) is 8.80. The Morgan fingerprint density at radius 3 is 2.40 bits per heavy atom. The van der Waals surface area contributed by atoms with E-state index in [1.165, 1.54) is 11.5 Å². The van der Waals surface area contributed by atoms with Crippen LogP contribution in [0, 0.1) is 0 Å². The normalized spacial score (nSPS) is 12.2. The van der Waals surface area contributed by atoms with Crippen LogP contribution in [0.3, 0.4) is 0 Å². The van der Waals surface area contributed by atoms with Crippen molar-refractivity contribution in [3.63, 3.8) is 0 Å². The number of carboxylic acids is 1. The summed E-state index contributed by atoms with van der Waals surface area (Å²) in [4.78, 5) is 44.1. The molecule has 2 aromatic heterocycles. The number of H-pyrrole nitrogens is 1. The standard InChI is InChI=1S/C20H14Cl2N4O4/c1-10(19(28)29)25-18(27)15-16(24-20(25)30)23-17(13-4-2-3-5-14(13)22)26(15)12-8-6-11(21)7-9-12/h2-10H,1H3,(H,24,30)(H,28,29). The van der Waals surface area contributed by atoms with Gasteiger partial charge in [-0.3, -0.25) is 14.3 Å². The summed E-state index contributed by atoms with van der Waals surface area (Å²) in [6.45, 7) is 1.25. The summed E-state index contributed by atoms with van der Waals surface area (Å²) in [6, 6.07) is 12.2. The van der Waals surface area contributed by atoms with Crippen molar-refractivity contribution >= 4 is 40.3 Å². The van der Waals surface area contributed by atoms with Crippen LogP contribution in [0.2, 0.25) is 10.0 Å². The van der Waals surface area contributed by atoms with Crippen LogP contribution in [-0.2, 0) is 4.79 Å². The van der Waals surface area contributed by atoms with Crippen molar-refractivity contribution in [1.82, 2.24) is 19.1 Å². The molecule has 2 heterocycles. The van der Waals surface area contributed by atoms with E-state index in [1.54, 1.807) is 48.5 Å². The average molecular weight is 445 g/mol. The van der Waals surface area contributed by atoms with E-state index in [0.29, 0.717) is 31.7 Å². The van der Waals surface area contributed by atoms with Crippen molar-refractivity contribution in [3.8, 4) is 17.1 Å². The third-order valence-electron chi connectivity index (χ3n) is 4.69. The lowest BCUT2D eigenvalue weighted by molar-refractivity contribution is -0.140. The summed E-state index contributed by atoms with van der Waals surface area (Å²) < 4.78 is 2.17. The van der Waals surface area contributed by atoms with Gasteiger partial charge in [0.15, 0.2) is 11.2 Å². The van der Waals surface area contributed by atoms with Gasteiger partial charge in [0.1, 0.15) is 11.9 Å². The highest BCUT2D eigenvalue weighted by Gasteiger charge is 2.25. The first-order chi connectivity index (χ1) is 14.3. The van der Waals surface area contributed by atoms with Crippen LogP contribution in [0.5, 0.6) is 0 Å². The number of carboxylic acid groups (broad SMARTS) is 1. The zero-order valence-electron chi connectivity index (χ0n) is 15.5. The maximum atomic E-state index is 13.2. The van der Waals surface area contributed by atoms with Crippen LogP contribution >= 0.6 is 23.2 Å². The van der Waals surface area contributed by atoms with Crippen molar-refractivity contribution in [1.29, 1.82) is 0 Å². The number of nitrogens with zero attached hydrogens (tertiary/aromatic N) is 3. The molecule has 0 saturated heterocycles. The minimum Gasteiger partial charge on any atom is -0.480 e. The third kappa shape index (κ3) is 3.20. The van der Waals surface area contributed by atoms with E-state index in [4.69, 9.17) is 23.2 Å². The second-order valence-corrected chi connectivity index (χ2v) is 7.39. The molecular formula is C20H14Cl2N4O4. The molecule has 4 aromatic rings. The Bertz CT molecular complexity index is 1400.